The molecule has 0 saturated carbocycles. The molecule has 70 valence electrons. The molecule has 0 atom stereocenters. The summed E-state index contributed by atoms with van der Waals surface area (Å²) in [6.45, 7) is 4.51. The number of carbonyl (C=O) groups is 1. The number of rotatable bonds is 1. The Hall–Kier alpha value is 2.89. The van der Waals surface area contributed by atoms with E-state index in [2.05, 4.69) is 4.52 Å². The fourth-order valence-electron chi connectivity index (χ4n) is 0.245. The summed E-state index contributed by atoms with van der Waals surface area (Å²) in [5.41, 5.74) is -0.888. The van der Waals surface area contributed by atoms with Crippen LogP contribution in [0.1, 0.15) is 20.8 Å². The van der Waals surface area contributed by atoms with Gasteiger partial charge in [0.15, 0.2) is 0 Å². The second kappa shape index (κ2) is 8.05. The van der Waals surface area contributed by atoms with Crippen LogP contribution in [-0.4, -0.2) is 119 Å². The molecule has 0 unspecified atom stereocenters. The molecule has 8 heteroatoms. The average Bonchev–Trinajstić information content (AvgIpc) is 1.56. The van der Waals surface area contributed by atoms with E-state index in [1.54, 1.807) is 0 Å². The van der Waals surface area contributed by atoms with E-state index in [4.69, 9.17) is 9.79 Å². The third-order valence-corrected chi connectivity index (χ3v) is 1.22. The zero-order valence-electron chi connectivity index (χ0n) is 6.57. The Morgan fingerprint density at radius 1 is 1.23 bits per heavy atom. The van der Waals surface area contributed by atoms with E-state index in [0.29, 0.717) is 0 Å². The molecule has 0 radical (unpaired) electrons. The molecule has 5 nitrogen and oxygen atoms in total. The van der Waals surface area contributed by atoms with Crippen LogP contribution in [0.2, 0.25) is 0 Å². The molecule has 0 spiro atoms. The fourth-order valence-corrected chi connectivity index (χ4v) is 0.735. The molecule has 0 rings (SSSR count). The molecule has 0 bridgehead atoms. The predicted octanol–water partition coefficient (Wildman–Crippen LogP) is -0.629. The van der Waals surface area contributed by atoms with Crippen molar-refractivity contribution < 1.29 is 23.7 Å². The van der Waals surface area contributed by atoms with Gasteiger partial charge in [-0.1, -0.05) is 0 Å². The van der Waals surface area contributed by atoms with Crippen molar-refractivity contribution in [2.24, 2.45) is 5.41 Å². The van der Waals surface area contributed by atoms with Gasteiger partial charge in [0.1, 0.15) is 0 Å². The molecule has 0 fully saturated rings. The van der Waals surface area contributed by atoms with Crippen molar-refractivity contribution in [3.8, 4) is 0 Å². The molecule has 13 heavy (non-hydrogen) atoms. The average molecular weight is 262 g/mol. The Bertz CT molecular complexity index is 205. The second-order valence-corrected chi connectivity index (χ2v) is 4.28. The number of phosphoric acid groups is 1. The predicted molar refractivity (Wildman–Crippen MR) is 51.9 cm³/mol. The summed E-state index contributed by atoms with van der Waals surface area (Å²) in [5.74, 6) is -0.911. The Labute approximate surface area is 162 Å². The molecule has 2 N–H and O–H groups in total. The van der Waals surface area contributed by atoms with Crippen molar-refractivity contribution in [2.45, 2.75) is 20.8 Å². The van der Waals surface area contributed by atoms with Crippen LogP contribution >= 0.6 is 7.82 Å². The van der Waals surface area contributed by atoms with E-state index in [0.717, 1.165) is 0 Å². The Morgan fingerprint density at radius 3 is 1.62 bits per heavy atom. The molecule has 0 aromatic carbocycles. The number of hydrogen-bond donors (Lipinski definition) is 2. The second-order valence-electron chi connectivity index (χ2n) is 3.12. The van der Waals surface area contributed by atoms with Crippen LogP contribution < -0.4 is 0 Å². The molecule has 0 aromatic rings. The topological polar surface area (TPSA) is 83.8 Å². The SMILES string of the molecule is CC(C)(C)C(=O)OP(=O)(O)O.[KH].[KH]. The monoisotopic (exact) mass is 262 g/mol. The van der Waals surface area contributed by atoms with Crippen molar-refractivity contribution >= 4 is 117 Å². The summed E-state index contributed by atoms with van der Waals surface area (Å²) >= 11 is 0. The first-order valence-corrected chi connectivity index (χ1v) is 4.45. The first kappa shape index (κ1) is 21.2. The first-order chi connectivity index (χ1) is 4.63. The Balaban J connectivity index is -0.000000500. The standard InChI is InChI=1S/C5H11O5P.2K.2H/c1-5(2,3)4(6)10-11(7,8)9;;;;/h1-3H3,(H2,7,8,9);;;;. The van der Waals surface area contributed by atoms with Crippen LogP contribution in [0.5, 0.6) is 0 Å². The van der Waals surface area contributed by atoms with Gasteiger partial charge in [0.05, 0.1) is 5.41 Å². The maximum atomic E-state index is 10.8. The molecule has 0 amide bonds. The summed E-state index contributed by atoms with van der Waals surface area (Å²) in [6, 6.07) is 0. The van der Waals surface area contributed by atoms with Gasteiger partial charge in [-0.15, -0.1) is 0 Å². The zero-order chi connectivity index (χ0) is 9.28. The van der Waals surface area contributed by atoms with Gasteiger partial charge in [0.25, 0.3) is 0 Å². The van der Waals surface area contributed by atoms with Crippen molar-refractivity contribution in [2.75, 3.05) is 0 Å². The Morgan fingerprint density at radius 2 is 1.54 bits per heavy atom. The van der Waals surface area contributed by atoms with Crippen LogP contribution in [0.15, 0.2) is 0 Å². The van der Waals surface area contributed by atoms with E-state index in [1.807, 2.05) is 0 Å². The van der Waals surface area contributed by atoms with Gasteiger partial charge in [-0.2, -0.15) is 0 Å². The van der Waals surface area contributed by atoms with E-state index in [1.165, 1.54) is 20.8 Å². The van der Waals surface area contributed by atoms with E-state index >= 15 is 0 Å². The molecular weight excluding hydrogens is 249 g/mol. The molecule has 0 aliphatic rings. The van der Waals surface area contributed by atoms with Crippen LogP contribution in [-0.2, 0) is 13.9 Å². The van der Waals surface area contributed by atoms with Crippen LogP contribution in [0.25, 0.3) is 0 Å². The maximum absolute atomic E-state index is 10.8. The van der Waals surface area contributed by atoms with E-state index < -0.39 is 19.2 Å². The van der Waals surface area contributed by atoms with Gasteiger partial charge in [-0.25, -0.2) is 4.57 Å². The van der Waals surface area contributed by atoms with Crippen LogP contribution in [0.3, 0.4) is 0 Å². The molecule has 0 saturated heterocycles. The minimum absolute atomic E-state index is 0. The van der Waals surface area contributed by atoms with Crippen molar-refractivity contribution in [1.29, 1.82) is 0 Å². The molecule has 0 aromatic heterocycles. The summed E-state index contributed by atoms with van der Waals surface area (Å²) < 4.78 is 14.0. The summed E-state index contributed by atoms with van der Waals surface area (Å²) in [5, 5.41) is 0. The molecule has 0 aliphatic heterocycles. The van der Waals surface area contributed by atoms with Gasteiger partial charge in [0.2, 0.25) is 0 Å². The van der Waals surface area contributed by atoms with Crippen molar-refractivity contribution in [3.05, 3.63) is 0 Å². The van der Waals surface area contributed by atoms with Crippen molar-refractivity contribution in [3.63, 3.8) is 0 Å². The van der Waals surface area contributed by atoms with Gasteiger partial charge in [-0.05, 0) is 20.8 Å². The minimum atomic E-state index is -4.67. The normalized spacial score (nSPS) is 10.8. The first-order valence-electron chi connectivity index (χ1n) is 2.92. The third kappa shape index (κ3) is 12.8. The fraction of sp³-hybridized carbons (Fsp3) is 0.800. The van der Waals surface area contributed by atoms with Gasteiger partial charge >= 0.3 is 117 Å². The molecule has 0 heterocycles. The quantitative estimate of drug-likeness (QED) is 0.485. The van der Waals surface area contributed by atoms with Gasteiger partial charge in [0, 0.05) is 0 Å². The van der Waals surface area contributed by atoms with Gasteiger partial charge in [-0.3, -0.25) is 14.6 Å². The molecular formula is C5H13K2O5P. The van der Waals surface area contributed by atoms with Crippen LogP contribution in [0.4, 0.5) is 0 Å². The van der Waals surface area contributed by atoms with Gasteiger partial charge < -0.3 is 4.52 Å². The number of phosphoric ester groups is 1. The Kier molecular flexibility index (Phi) is 13.1. The zero-order valence-corrected chi connectivity index (χ0v) is 7.46. The van der Waals surface area contributed by atoms with E-state index in [-0.39, 0.29) is 103 Å². The third-order valence-electron chi connectivity index (χ3n) is 0.814. The molecule has 0 aliphatic carbocycles. The number of carbonyl (C=O) groups excluding carboxylic acids is 1. The van der Waals surface area contributed by atoms with Crippen molar-refractivity contribution in [1.82, 2.24) is 0 Å². The van der Waals surface area contributed by atoms with Crippen LogP contribution in [0, 0.1) is 5.41 Å². The summed E-state index contributed by atoms with van der Waals surface area (Å²) in [7, 11) is -4.67. The van der Waals surface area contributed by atoms with E-state index in [9.17, 15) is 9.36 Å². The number of hydrogen-bond acceptors (Lipinski definition) is 3. The summed E-state index contributed by atoms with van der Waals surface area (Å²) in [4.78, 5) is 27.2. The summed E-state index contributed by atoms with van der Waals surface area (Å²) in [6.07, 6.45) is 0.